The van der Waals surface area contributed by atoms with Crippen molar-refractivity contribution < 1.29 is 19.2 Å². The summed E-state index contributed by atoms with van der Waals surface area (Å²) in [5.74, 6) is 3.22. The van der Waals surface area contributed by atoms with Crippen LogP contribution in [0.1, 0.15) is 89.7 Å². The summed E-state index contributed by atoms with van der Waals surface area (Å²) in [5, 5.41) is 14.3. The van der Waals surface area contributed by atoms with Gasteiger partial charge in [-0.1, -0.05) is 35.5 Å². The lowest BCUT2D eigenvalue weighted by atomic mass is 9.78. The number of hydrogen-bond acceptors (Lipinski definition) is 5. The third kappa shape index (κ3) is 7.40. The van der Waals surface area contributed by atoms with E-state index in [0.29, 0.717) is 37.1 Å². The average molecular weight is 559 g/mol. The van der Waals surface area contributed by atoms with Crippen LogP contribution in [0.3, 0.4) is 0 Å². The highest BCUT2D eigenvalue weighted by molar-refractivity contribution is 5.95. The molecule has 41 heavy (non-hydrogen) atoms. The number of carbonyl (C=O) groups is 1. The van der Waals surface area contributed by atoms with Crippen molar-refractivity contribution in [3.8, 4) is 11.3 Å². The SMILES string of the molecule is C=C(/C=C\C(OC)=C(C)C)C1CCC(CN(C(=O)C2CCC(O)CC2)c2cccc(-c3cc(C4CC4)no3)c2)CC1. The van der Waals surface area contributed by atoms with Crippen molar-refractivity contribution in [2.75, 3.05) is 18.6 Å². The largest absolute Gasteiger partial charge is 0.497 e. The maximum Gasteiger partial charge on any atom is 0.230 e. The number of nitrogens with zero attached hydrogens (tertiary/aromatic N) is 2. The minimum absolute atomic E-state index is 0.0416. The van der Waals surface area contributed by atoms with Crippen molar-refractivity contribution in [2.24, 2.45) is 17.8 Å². The molecule has 6 nitrogen and oxygen atoms in total. The second-order valence-corrected chi connectivity index (χ2v) is 12.6. The van der Waals surface area contributed by atoms with Crippen LogP contribution in [0.4, 0.5) is 5.69 Å². The van der Waals surface area contributed by atoms with Gasteiger partial charge in [-0.2, -0.15) is 0 Å². The van der Waals surface area contributed by atoms with E-state index in [0.717, 1.165) is 78.1 Å². The number of hydrogen-bond donors (Lipinski definition) is 1. The van der Waals surface area contributed by atoms with Gasteiger partial charge in [0, 0.05) is 35.7 Å². The highest BCUT2D eigenvalue weighted by atomic mass is 16.5. The van der Waals surface area contributed by atoms with Crippen molar-refractivity contribution in [2.45, 2.75) is 90.1 Å². The van der Waals surface area contributed by atoms with Crippen molar-refractivity contribution in [3.05, 3.63) is 71.7 Å². The summed E-state index contributed by atoms with van der Waals surface area (Å²) in [6.07, 6.45) is 13.4. The Morgan fingerprint density at radius 3 is 2.39 bits per heavy atom. The van der Waals surface area contributed by atoms with E-state index in [4.69, 9.17) is 9.26 Å². The summed E-state index contributed by atoms with van der Waals surface area (Å²) in [6.45, 7) is 9.17. The fourth-order valence-electron chi connectivity index (χ4n) is 6.42. The molecule has 0 atom stereocenters. The lowest BCUT2D eigenvalue weighted by Crippen LogP contribution is -2.42. The summed E-state index contributed by atoms with van der Waals surface area (Å²) in [7, 11) is 1.70. The third-order valence-corrected chi connectivity index (χ3v) is 9.25. The van der Waals surface area contributed by atoms with Crippen molar-refractivity contribution >= 4 is 11.6 Å². The summed E-state index contributed by atoms with van der Waals surface area (Å²) >= 11 is 0. The summed E-state index contributed by atoms with van der Waals surface area (Å²) in [4.78, 5) is 16.0. The molecular weight excluding hydrogens is 512 g/mol. The van der Waals surface area contributed by atoms with E-state index in [1.807, 2.05) is 43.0 Å². The number of aliphatic hydroxyl groups is 1. The minimum Gasteiger partial charge on any atom is -0.497 e. The monoisotopic (exact) mass is 558 g/mol. The molecule has 1 heterocycles. The zero-order chi connectivity index (χ0) is 28.9. The van der Waals surface area contributed by atoms with Crippen molar-refractivity contribution in [1.29, 1.82) is 0 Å². The molecule has 0 bridgehead atoms. The predicted molar refractivity (Wildman–Crippen MR) is 163 cm³/mol. The van der Waals surface area contributed by atoms with E-state index in [1.165, 1.54) is 12.8 Å². The van der Waals surface area contributed by atoms with Crippen LogP contribution in [0.25, 0.3) is 11.3 Å². The van der Waals surface area contributed by atoms with Gasteiger partial charge in [0.25, 0.3) is 0 Å². The van der Waals surface area contributed by atoms with Crippen molar-refractivity contribution in [1.82, 2.24) is 5.16 Å². The Morgan fingerprint density at radius 1 is 1.02 bits per heavy atom. The van der Waals surface area contributed by atoms with Crippen LogP contribution >= 0.6 is 0 Å². The number of ether oxygens (including phenoxy) is 1. The normalized spacial score (nSPS) is 24.7. The van der Waals surface area contributed by atoms with Gasteiger partial charge in [-0.05, 0) is 114 Å². The van der Waals surface area contributed by atoms with Gasteiger partial charge in [0.2, 0.25) is 5.91 Å². The Hall–Kier alpha value is -3.12. The second-order valence-electron chi connectivity index (χ2n) is 12.6. The highest BCUT2D eigenvalue weighted by Gasteiger charge is 2.33. The molecule has 0 radical (unpaired) electrons. The second kappa shape index (κ2) is 13.2. The Labute approximate surface area is 245 Å². The molecule has 220 valence electrons. The van der Waals surface area contributed by atoms with Crippen LogP contribution in [-0.2, 0) is 9.53 Å². The molecule has 3 saturated carbocycles. The first-order valence-corrected chi connectivity index (χ1v) is 15.5. The number of carbonyl (C=O) groups excluding carboxylic acids is 1. The number of benzene rings is 1. The summed E-state index contributed by atoms with van der Waals surface area (Å²) in [5.41, 5.74) is 5.21. The molecule has 1 amide bonds. The van der Waals surface area contributed by atoms with Gasteiger partial charge in [0.15, 0.2) is 5.76 Å². The van der Waals surface area contributed by atoms with Crippen LogP contribution in [-0.4, -0.2) is 35.9 Å². The first kappa shape index (κ1) is 29.4. The lowest BCUT2D eigenvalue weighted by Gasteiger charge is -2.36. The van der Waals surface area contributed by atoms with Gasteiger partial charge < -0.3 is 19.3 Å². The first-order valence-electron chi connectivity index (χ1n) is 15.5. The molecule has 2 aromatic rings. The molecule has 3 aliphatic rings. The van der Waals surface area contributed by atoms with Gasteiger partial charge in [-0.25, -0.2) is 0 Å². The molecule has 3 fully saturated rings. The number of anilines is 1. The number of methoxy groups -OCH3 is 1. The van der Waals surface area contributed by atoms with Crippen LogP contribution in [0, 0.1) is 17.8 Å². The van der Waals surface area contributed by atoms with E-state index in [2.05, 4.69) is 29.9 Å². The van der Waals surface area contributed by atoms with E-state index in [-0.39, 0.29) is 17.9 Å². The summed E-state index contributed by atoms with van der Waals surface area (Å²) < 4.78 is 11.2. The molecule has 6 heteroatoms. The maximum atomic E-state index is 14.0. The molecular formula is C35H46N2O4. The Kier molecular flexibility index (Phi) is 9.49. The lowest BCUT2D eigenvalue weighted by molar-refractivity contribution is -0.124. The molecule has 0 unspecified atom stereocenters. The van der Waals surface area contributed by atoms with Gasteiger partial charge in [0.1, 0.15) is 5.76 Å². The topological polar surface area (TPSA) is 75.8 Å². The number of allylic oxidation sites excluding steroid dienone is 4. The van der Waals surface area contributed by atoms with Crippen LogP contribution in [0.15, 0.2) is 70.5 Å². The van der Waals surface area contributed by atoms with E-state index in [9.17, 15) is 9.90 Å². The Balaban J connectivity index is 1.29. The third-order valence-electron chi connectivity index (χ3n) is 9.25. The van der Waals surface area contributed by atoms with Gasteiger partial charge in [0.05, 0.1) is 18.9 Å². The quantitative estimate of drug-likeness (QED) is 0.236. The zero-order valence-electron chi connectivity index (χ0n) is 25.0. The average Bonchev–Trinajstić information content (AvgIpc) is 3.72. The van der Waals surface area contributed by atoms with Crippen LogP contribution in [0.2, 0.25) is 0 Å². The molecule has 0 spiro atoms. The zero-order valence-corrected chi connectivity index (χ0v) is 25.0. The first-order chi connectivity index (χ1) is 19.8. The molecule has 1 aromatic heterocycles. The van der Waals surface area contributed by atoms with Crippen LogP contribution in [0.5, 0.6) is 0 Å². The molecule has 5 rings (SSSR count). The van der Waals surface area contributed by atoms with E-state index >= 15 is 0 Å². The van der Waals surface area contributed by atoms with E-state index in [1.54, 1.807) is 7.11 Å². The Morgan fingerprint density at radius 2 is 1.73 bits per heavy atom. The number of rotatable bonds is 10. The molecule has 3 aliphatic carbocycles. The maximum absolute atomic E-state index is 14.0. The Bertz CT molecular complexity index is 1270. The smallest absolute Gasteiger partial charge is 0.230 e. The van der Waals surface area contributed by atoms with Gasteiger partial charge in [-0.15, -0.1) is 0 Å². The number of aromatic nitrogens is 1. The molecule has 0 saturated heterocycles. The fourth-order valence-corrected chi connectivity index (χ4v) is 6.42. The predicted octanol–water partition coefficient (Wildman–Crippen LogP) is 7.96. The highest BCUT2D eigenvalue weighted by Crippen LogP contribution is 2.41. The van der Waals surface area contributed by atoms with Crippen LogP contribution < -0.4 is 4.90 Å². The van der Waals surface area contributed by atoms with E-state index < -0.39 is 0 Å². The summed E-state index contributed by atoms with van der Waals surface area (Å²) in [6, 6.07) is 10.2. The molecule has 1 N–H and O–H groups in total. The molecule has 0 aliphatic heterocycles. The minimum atomic E-state index is -0.280. The standard InChI is InChI=1S/C35H46N2O4/c1-23(2)33(40-4)19-8-24(3)26-11-9-25(10-12-26)22-37(35(39)28-15-17-31(38)18-16-28)30-7-5-6-29(20-30)34-21-32(36-41-34)27-13-14-27/h5-8,19-21,25-28,31,38H,3,9-18,22H2,1-2,4H3/b19-8-. The van der Waals surface area contributed by atoms with Crippen molar-refractivity contribution in [3.63, 3.8) is 0 Å². The molecule has 1 aromatic carbocycles. The fraction of sp³-hybridized carbons (Fsp3) is 0.543. The van der Waals surface area contributed by atoms with Gasteiger partial charge in [-0.3, -0.25) is 4.79 Å². The van der Waals surface area contributed by atoms with Gasteiger partial charge >= 0.3 is 0 Å². The number of aliphatic hydroxyl groups excluding tert-OH is 1. The number of amides is 1.